The number of nitrogens with one attached hydrogen (secondary N) is 2. The summed E-state index contributed by atoms with van der Waals surface area (Å²) < 4.78 is 15.8. The molecule has 29 heavy (non-hydrogen) atoms. The molecule has 156 valence electrons. The van der Waals surface area contributed by atoms with Crippen molar-refractivity contribution in [1.29, 1.82) is 0 Å². The molecule has 8 heteroatoms. The minimum absolute atomic E-state index is 0.123. The number of halogens is 1. The molecule has 0 aliphatic rings. The summed E-state index contributed by atoms with van der Waals surface area (Å²) in [6.45, 7) is 4.17. The molecule has 2 rings (SSSR count). The highest BCUT2D eigenvalue weighted by Crippen LogP contribution is 2.25. The standard InChI is InChI=1S/C21H25ClN2O5/c1-13-7-18(8-14(2)20(13)22)29-12-19(25)23-5-6-24-21(26)15-9-16(27-3)11-17(10-15)28-4/h7-11H,5-6,12H2,1-4H3,(H,23,25)(H,24,26). The first-order valence-corrected chi connectivity index (χ1v) is 9.39. The molecule has 0 saturated carbocycles. The molecule has 0 aromatic heterocycles. The van der Waals surface area contributed by atoms with Crippen molar-refractivity contribution in [3.63, 3.8) is 0 Å². The van der Waals surface area contributed by atoms with E-state index in [9.17, 15) is 9.59 Å². The van der Waals surface area contributed by atoms with Crippen LogP contribution in [0.25, 0.3) is 0 Å². The Kier molecular flexibility index (Phi) is 8.15. The Morgan fingerprint density at radius 2 is 1.41 bits per heavy atom. The van der Waals surface area contributed by atoms with E-state index in [4.69, 9.17) is 25.8 Å². The van der Waals surface area contributed by atoms with Crippen molar-refractivity contribution in [2.45, 2.75) is 13.8 Å². The summed E-state index contributed by atoms with van der Waals surface area (Å²) >= 11 is 6.12. The van der Waals surface area contributed by atoms with E-state index in [2.05, 4.69) is 10.6 Å². The molecule has 0 bridgehead atoms. The Bertz CT molecular complexity index is 840. The van der Waals surface area contributed by atoms with E-state index in [1.165, 1.54) is 14.2 Å². The first-order chi connectivity index (χ1) is 13.8. The first kappa shape index (κ1) is 22.4. The summed E-state index contributed by atoms with van der Waals surface area (Å²) in [6, 6.07) is 8.47. The van der Waals surface area contributed by atoms with Crippen molar-refractivity contribution < 1.29 is 23.8 Å². The van der Waals surface area contributed by atoms with Gasteiger partial charge < -0.3 is 24.8 Å². The van der Waals surface area contributed by atoms with E-state index in [0.29, 0.717) is 27.8 Å². The number of ether oxygens (including phenoxy) is 3. The minimum atomic E-state index is -0.292. The van der Waals surface area contributed by atoms with Gasteiger partial charge in [0.1, 0.15) is 17.2 Å². The topological polar surface area (TPSA) is 85.9 Å². The number of methoxy groups -OCH3 is 2. The Labute approximate surface area is 175 Å². The summed E-state index contributed by atoms with van der Waals surface area (Å²) in [6.07, 6.45) is 0. The predicted molar refractivity (Wildman–Crippen MR) is 111 cm³/mol. The van der Waals surface area contributed by atoms with Gasteiger partial charge in [-0.3, -0.25) is 9.59 Å². The molecular formula is C21H25ClN2O5. The van der Waals surface area contributed by atoms with Crippen LogP contribution in [-0.4, -0.2) is 45.7 Å². The van der Waals surface area contributed by atoms with Gasteiger partial charge in [-0.05, 0) is 49.2 Å². The SMILES string of the molecule is COc1cc(OC)cc(C(=O)NCCNC(=O)COc2cc(C)c(Cl)c(C)c2)c1. The van der Waals surface area contributed by atoms with Crippen LogP contribution < -0.4 is 24.8 Å². The van der Waals surface area contributed by atoms with Gasteiger partial charge in [0.15, 0.2) is 6.61 Å². The van der Waals surface area contributed by atoms with E-state index in [-0.39, 0.29) is 31.5 Å². The molecule has 0 spiro atoms. The fraction of sp³-hybridized carbons (Fsp3) is 0.333. The van der Waals surface area contributed by atoms with Gasteiger partial charge >= 0.3 is 0 Å². The molecule has 0 unspecified atom stereocenters. The highest BCUT2D eigenvalue weighted by molar-refractivity contribution is 6.32. The third-order valence-corrected chi connectivity index (χ3v) is 4.72. The second-order valence-electron chi connectivity index (χ2n) is 6.37. The van der Waals surface area contributed by atoms with Crippen LogP contribution in [0.3, 0.4) is 0 Å². The zero-order valence-electron chi connectivity index (χ0n) is 16.9. The lowest BCUT2D eigenvalue weighted by atomic mass is 10.1. The monoisotopic (exact) mass is 420 g/mol. The fourth-order valence-electron chi connectivity index (χ4n) is 2.61. The van der Waals surface area contributed by atoms with Crippen molar-refractivity contribution in [2.75, 3.05) is 33.9 Å². The zero-order chi connectivity index (χ0) is 21.4. The summed E-state index contributed by atoms with van der Waals surface area (Å²) in [4.78, 5) is 24.2. The lowest BCUT2D eigenvalue weighted by Gasteiger charge is -2.11. The summed E-state index contributed by atoms with van der Waals surface area (Å²) in [5, 5.41) is 6.11. The largest absolute Gasteiger partial charge is 0.497 e. The first-order valence-electron chi connectivity index (χ1n) is 9.01. The predicted octanol–water partition coefficient (Wildman–Crippen LogP) is 2.90. The van der Waals surface area contributed by atoms with Gasteiger partial charge in [0.05, 0.1) is 14.2 Å². The number of hydrogen-bond acceptors (Lipinski definition) is 5. The molecule has 0 radical (unpaired) electrons. The van der Waals surface area contributed by atoms with Crippen molar-refractivity contribution in [1.82, 2.24) is 10.6 Å². The quantitative estimate of drug-likeness (QED) is 0.609. The fourth-order valence-corrected chi connectivity index (χ4v) is 2.72. The van der Waals surface area contributed by atoms with E-state index < -0.39 is 0 Å². The van der Waals surface area contributed by atoms with Crippen LogP contribution in [0.15, 0.2) is 30.3 Å². The second kappa shape index (κ2) is 10.6. The number of benzene rings is 2. The molecule has 0 saturated heterocycles. The van der Waals surface area contributed by atoms with Crippen LogP contribution >= 0.6 is 11.6 Å². The smallest absolute Gasteiger partial charge is 0.258 e. The Balaban J connectivity index is 1.76. The molecule has 2 amide bonds. The lowest BCUT2D eigenvalue weighted by Crippen LogP contribution is -2.36. The van der Waals surface area contributed by atoms with Crippen molar-refractivity contribution in [2.24, 2.45) is 0 Å². The van der Waals surface area contributed by atoms with Crippen molar-refractivity contribution >= 4 is 23.4 Å². The number of carbonyl (C=O) groups is 2. The lowest BCUT2D eigenvalue weighted by molar-refractivity contribution is -0.123. The van der Waals surface area contributed by atoms with Crippen LogP contribution in [-0.2, 0) is 4.79 Å². The van der Waals surface area contributed by atoms with Gasteiger partial charge in [-0.25, -0.2) is 0 Å². The van der Waals surface area contributed by atoms with Crippen LogP contribution in [0.4, 0.5) is 0 Å². The minimum Gasteiger partial charge on any atom is -0.497 e. The Hall–Kier alpha value is -2.93. The van der Waals surface area contributed by atoms with Gasteiger partial charge in [0.2, 0.25) is 0 Å². The highest BCUT2D eigenvalue weighted by Gasteiger charge is 2.10. The number of carbonyl (C=O) groups excluding carboxylic acids is 2. The summed E-state index contributed by atoms with van der Waals surface area (Å²) in [7, 11) is 3.03. The molecule has 0 heterocycles. The van der Waals surface area contributed by atoms with E-state index in [1.807, 2.05) is 13.8 Å². The molecular weight excluding hydrogens is 396 g/mol. The van der Waals surface area contributed by atoms with Gasteiger partial charge in [-0.2, -0.15) is 0 Å². The van der Waals surface area contributed by atoms with Crippen LogP contribution in [0.5, 0.6) is 17.2 Å². The van der Waals surface area contributed by atoms with Crippen molar-refractivity contribution in [3.05, 3.63) is 52.0 Å². The maximum Gasteiger partial charge on any atom is 0.258 e. The molecule has 2 aromatic rings. The molecule has 2 N–H and O–H groups in total. The van der Waals surface area contributed by atoms with Gasteiger partial charge in [-0.15, -0.1) is 0 Å². The number of amides is 2. The molecule has 0 atom stereocenters. The van der Waals surface area contributed by atoms with E-state index in [1.54, 1.807) is 30.3 Å². The van der Waals surface area contributed by atoms with E-state index >= 15 is 0 Å². The molecule has 0 aliphatic carbocycles. The number of aryl methyl sites for hydroxylation is 2. The maximum absolute atomic E-state index is 12.3. The average molecular weight is 421 g/mol. The summed E-state index contributed by atoms with van der Waals surface area (Å²) in [5.74, 6) is 1.05. The third-order valence-electron chi connectivity index (χ3n) is 4.13. The van der Waals surface area contributed by atoms with Crippen molar-refractivity contribution in [3.8, 4) is 17.2 Å². The number of hydrogen-bond donors (Lipinski definition) is 2. The number of rotatable bonds is 9. The molecule has 7 nitrogen and oxygen atoms in total. The molecule has 2 aromatic carbocycles. The second-order valence-corrected chi connectivity index (χ2v) is 6.74. The Morgan fingerprint density at radius 3 is 1.97 bits per heavy atom. The summed E-state index contributed by atoms with van der Waals surface area (Å²) in [5.41, 5.74) is 2.18. The zero-order valence-corrected chi connectivity index (χ0v) is 17.7. The normalized spacial score (nSPS) is 10.2. The van der Waals surface area contributed by atoms with Gasteiger partial charge in [0.25, 0.3) is 11.8 Å². The van der Waals surface area contributed by atoms with Crippen LogP contribution in [0, 0.1) is 13.8 Å². The third kappa shape index (κ3) is 6.57. The van der Waals surface area contributed by atoms with Crippen LogP contribution in [0.2, 0.25) is 5.02 Å². The van der Waals surface area contributed by atoms with E-state index in [0.717, 1.165) is 11.1 Å². The van der Waals surface area contributed by atoms with Gasteiger partial charge in [-0.1, -0.05) is 11.6 Å². The Morgan fingerprint density at radius 1 is 0.862 bits per heavy atom. The molecule has 0 fully saturated rings. The van der Waals surface area contributed by atoms with Gasteiger partial charge in [0, 0.05) is 29.7 Å². The highest BCUT2D eigenvalue weighted by atomic mass is 35.5. The maximum atomic E-state index is 12.3. The van der Waals surface area contributed by atoms with Crippen LogP contribution in [0.1, 0.15) is 21.5 Å². The molecule has 0 aliphatic heterocycles. The average Bonchev–Trinajstić information content (AvgIpc) is 2.72.